The van der Waals surface area contributed by atoms with Crippen molar-refractivity contribution < 1.29 is 14.4 Å². The van der Waals surface area contributed by atoms with E-state index in [2.05, 4.69) is 38.2 Å². The van der Waals surface area contributed by atoms with Gasteiger partial charge in [-0.1, -0.05) is 6.07 Å². The van der Waals surface area contributed by atoms with E-state index in [1.807, 2.05) is 24.3 Å². The summed E-state index contributed by atoms with van der Waals surface area (Å²) in [5.74, 6) is -0.754. The molecule has 1 atom stereocenters. The average Bonchev–Trinajstić information content (AvgIpc) is 3.16. The Morgan fingerprint density at radius 1 is 0.886 bits per heavy atom. The number of piperidine rings is 1. The monoisotopic (exact) mass is 474 g/mol. The van der Waals surface area contributed by atoms with Gasteiger partial charge in [0, 0.05) is 86.5 Å². The van der Waals surface area contributed by atoms with Gasteiger partial charge in [0.25, 0.3) is 5.91 Å². The van der Waals surface area contributed by atoms with E-state index in [4.69, 9.17) is 5.73 Å². The third-order valence-electron chi connectivity index (χ3n) is 7.85. The van der Waals surface area contributed by atoms with Gasteiger partial charge >= 0.3 is 0 Å². The second-order valence-corrected chi connectivity index (χ2v) is 9.88. The average molecular weight is 475 g/mol. The lowest BCUT2D eigenvalue weighted by Crippen LogP contribution is -2.63. The largest absolute Gasteiger partial charge is 0.399 e. The first-order valence-electron chi connectivity index (χ1n) is 12.3. The molecule has 4 aliphatic rings. The highest BCUT2D eigenvalue weighted by Gasteiger charge is 2.41. The third kappa shape index (κ3) is 3.89. The van der Waals surface area contributed by atoms with Crippen molar-refractivity contribution in [3.63, 3.8) is 0 Å². The van der Waals surface area contributed by atoms with Crippen LogP contribution < -0.4 is 20.9 Å². The predicted molar refractivity (Wildman–Crippen MR) is 133 cm³/mol. The SMILES string of the molecule is Nc1ccc(N2CC(N3CCN(c4cccc5c4CN(C4CCC(=O)NC4=O)C5=O)CC3)C2)cc1. The van der Waals surface area contributed by atoms with Gasteiger partial charge in [-0.25, -0.2) is 0 Å². The van der Waals surface area contributed by atoms with Gasteiger partial charge in [0.05, 0.1) is 0 Å². The number of rotatable bonds is 4. The fourth-order valence-electron chi connectivity index (χ4n) is 5.78. The van der Waals surface area contributed by atoms with Crippen LogP contribution in [0.4, 0.5) is 17.1 Å². The van der Waals surface area contributed by atoms with E-state index >= 15 is 0 Å². The van der Waals surface area contributed by atoms with E-state index in [0.717, 1.165) is 56.2 Å². The Kier molecular flexibility index (Phi) is 5.36. The van der Waals surface area contributed by atoms with Crippen LogP contribution >= 0.6 is 0 Å². The van der Waals surface area contributed by atoms with E-state index in [9.17, 15) is 14.4 Å². The van der Waals surface area contributed by atoms with Crippen molar-refractivity contribution in [3.8, 4) is 0 Å². The molecule has 4 aliphatic heterocycles. The molecule has 35 heavy (non-hydrogen) atoms. The van der Waals surface area contributed by atoms with Gasteiger partial charge in [-0.3, -0.25) is 24.6 Å². The zero-order valence-corrected chi connectivity index (χ0v) is 19.7. The number of anilines is 3. The van der Waals surface area contributed by atoms with E-state index < -0.39 is 6.04 Å². The van der Waals surface area contributed by atoms with Gasteiger partial charge in [-0.2, -0.15) is 0 Å². The van der Waals surface area contributed by atoms with E-state index in [-0.39, 0.29) is 24.1 Å². The second-order valence-electron chi connectivity index (χ2n) is 9.88. The molecule has 1 unspecified atom stereocenters. The summed E-state index contributed by atoms with van der Waals surface area (Å²) in [6.07, 6.45) is 0.648. The minimum absolute atomic E-state index is 0.118. The van der Waals surface area contributed by atoms with Crippen molar-refractivity contribution >= 4 is 34.8 Å². The van der Waals surface area contributed by atoms with Crippen LogP contribution in [0.3, 0.4) is 0 Å². The van der Waals surface area contributed by atoms with Crippen molar-refractivity contribution in [1.29, 1.82) is 0 Å². The molecule has 6 rings (SSSR count). The molecular weight excluding hydrogens is 444 g/mol. The first-order chi connectivity index (χ1) is 17.0. The summed E-state index contributed by atoms with van der Waals surface area (Å²) in [4.78, 5) is 46.0. The lowest BCUT2D eigenvalue weighted by Gasteiger charge is -2.49. The van der Waals surface area contributed by atoms with Gasteiger partial charge in [0.15, 0.2) is 0 Å². The lowest BCUT2D eigenvalue weighted by atomic mass is 10.0. The summed E-state index contributed by atoms with van der Waals surface area (Å²) in [5, 5.41) is 2.38. The number of carbonyl (C=O) groups is 3. The number of hydrogen-bond acceptors (Lipinski definition) is 7. The van der Waals surface area contributed by atoms with Crippen LogP contribution in [0.1, 0.15) is 28.8 Å². The minimum Gasteiger partial charge on any atom is -0.399 e. The number of carbonyl (C=O) groups excluding carboxylic acids is 3. The summed E-state index contributed by atoms with van der Waals surface area (Å²) >= 11 is 0. The first kappa shape index (κ1) is 21.9. The molecule has 0 saturated carbocycles. The molecular formula is C26H30N6O3. The Morgan fingerprint density at radius 2 is 1.63 bits per heavy atom. The van der Waals surface area contributed by atoms with Gasteiger partial charge < -0.3 is 20.4 Å². The van der Waals surface area contributed by atoms with E-state index in [1.165, 1.54) is 5.69 Å². The highest BCUT2D eigenvalue weighted by Crippen LogP contribution is 2.35. The predicted octanol–water partition coefficient (Wildman–Crippen LogP) is 1.04. The summed E-state index contributed by atoms with van der Waals surface area (Å²) < 4.78 is 0. The number of imide groups is 1. The molecule has 3 N–H and O–H groups in total. The second kappa shape index (κ2) is 8.57. The van der Waals surface area contributed by atoms with Crippen molar-refractivity contribution in [1.82, 2.24) is 15.1 Å². The smallest absolute Gasteiger partial charge is 0.255 e. The van der Waals surface area contributed by atoms with Crippen molar-refractivity contribution in [3.05, 3.63) is 53.6 Å². The number of fused-ring (bicyclic) bond motifs is 1. The summed E-state index contributed by atoms with van der Waals surface area (Å²) in [7, 11) is 0. The molecule has 182 valence electrons. The van der Waals surface area contributed by atoms with Crippen molar-refractivity contribution in [2.24, 2.45) is 0 Å². The van der Waals surface area contributed by atoms with E-state index in [1.54, 1.807) is 4.90 Å². The Labute approximate surface area is 204 Å². The maximum Gasteiger partial charge on any atom is 0.255 e. The quantitative estimate of drug-likeness (QED) is 0.504. The molecule has 0 radical (unpaired) electrons. The maximum absolute atomic E-state index is 13.1. The minimum atomic E-state index is -0.583. The maximum atomic E-state index is 13.1. The molecule has 0 aliphatic carbocycles. The Bertz CT molecular complexity index is 1170. The number of nitrogens with one attached hydrogen (secondary N) is 1. The summed E-state index contributed by atoms with van der Waals surface area (Å²) in [5.41, 5.74) is 10.6. The molecule has 0 spiro atoms. The first-order valence-corrected chi connectivity index (χ1v) is 12.3. The standard InChI is InChI=1S/C26H30N6O3/c27-17-4-6-18(7-5-17)31-14-19(15-31)29-10-12-30(13-11-29)22-3-1-2-20-21(22)16-32(26(20)35)23-8-9-24(33)28-25(23)34/h1-7,19,23H,8-16,27H2,(H,28,33,34). The van der Waals surface area contributed by atoms with Gasteiger partial charge in [0.2, 0.25) is 11.8 Å². The molecule has 9 heteroatoms. The van der Waals surface area contributed by atoms with Gasteiger partial charge in [-0.05, 0) is 42.8 Å². The van der Waals surface area contributed by atoms with Gasteiger partial charge in [0.1, 0.15) is 6.04 Å². The molecule has 9 nitrogen and oxygen atoms in total. The highest BCUT2D eigenvalue weighted by molar-refractivity contribution is 6.06. The highest BCUT2D eigenvalue weighted by atomic mass is 16.2. The molecule has 0 aromatic heterocycles. The number of piperazine rings is 1. The number of nitrogens with two attached hydrogens (primary N) is 1. The Morgan fingerprint density at radius 3 is 2.34 bits per heavy atom. The summed E-state index contributed by atoms with van der Waals surface area (Å²) in [6.45, 7) is 6.24. The molecule has 3 fully saturated rings. The Balaban J connectivity index is 1.09. The van der Waals surface area contributed by atoms with Crippen LogP contribution in [0.25, 0.3) is 0 Å². The normalized spacial score (nSPS) is 23.4. The fourth-order valence-corrected chi connectivity index (χ4v) is 5.78. The molecule has 2 aromatic rings. The van der Waals surface area contributed by atoms with Crippen molar-refractivity contribution in [2.45, 2.75) is 31.5 Å². The van der Waals surface area contributed by atoms with Gasteiger partial charge in [-0.15, -0.1) is 0 Å². The zero-order chi connectivity index (χ0) is 24.1. The number of nitrogen functional groups attached to an aromatic ring is 1. The van der Waals surface area contributed by atoms with Crippen LogP contribution in [0.15, 0.2) is 42.5 Å². The molecule has 2 aromatic carbocycles. The molecule has 3 amide bonds. The fraction of sp³-hybridized carbons (Fsp3) is 0.423. The number of nitrogens with zero attached hydrogens (tertiary/aromatic N) is 4. The number of hydrogen-bond donors (Lipinski definition) is 2. The molecule has 0 bridgehead atoms. The van der Waals surface area contributed by atoms with Crippen LogP contribution in [-0.4, -0.2) is 78.9 Å². The topological polar surface area (TPSA) is 102 Å². The molecule has 3 saturated heterocycles. The van der Waals surface area contributed by atoms with Crippen LogP contribution in [0.5, 0.6) is 0 Å². The number of benzene rings is 2. The summed E-state index contributed by atoms with van der Waals surface area (Å²) in [6, 6.07) is 13.9. The lowest BCUT2D eigenvalue weighted by molar-refractivity contribution is -0.136. The van der Waals surface area contributed by atoms with Crippen LogP contribution in [0, 0.1) is 0 Å². The van der Waals surface area contributed by atoms with E-state index in [0.29, 0.717) is 24.6 Å². The third-order valence-corrected chi connectivity index (χ3v) is 7.85. The van der Waals surface area contributed by atoms with Crippen LogP contribution in [0.2, 0.25) is 0 Å². The number of amides is 3. The van der Waals surface area contributed by atoms with Crippen molar-refractivity contribution in [2.75, 3.05) is 54.8 Å². The molecule has 4 heterocycles. The zero-order valence-electron chi connectivity index (χ0n) is 19.7. The Hall–Kier alpha value is -3.59. The van der Waals surface area contributed by atoms with Crippen LogP contribution in [-0.2, 0) is 16.1 Å².